The van der Waals surface area contributed by atoms with Crippen molar-refractivity contribution in [2.45, 2.75) is 23.5 Å². The van der Waals surface area contributed by atoms with E-state index in [0.717, 1.165) is 5.56 Å². The van der Waals surface area contributed by atoms with E-state index in [-0.39, 0.29) is 9.14 Å². The van der Waals surface area contributed by atoms with Gasteiger partial charge in [0.15, 0.2) is 0 Å². The minimum Gasteiger partial charge on any atom is -0.272 e. The van der Waals surface area contributed by atoms with Crippen LogP contribution in [-0.2, 0) is 4.79 Å². The van der Waals surface area contributed by atoms with Crippen LogP contribution in [0.4, 0.5) is 0 Å². The smallest absolute Gasteiger partial charge is 0.248 e. The number of carbonyl (C=O) groups excluding carboxylic acids is 1. The van der Waals surface area contributed by atoms with Gasteiger partial charge < -0.3 is 0 Å². The van der Waals surface area contributed by atoms with Gasteiger partial charge in [0, 0.05) is 0 Å². The number of halogens is 4. The van der Waals surface area contributed by atoms with Gasteiger partial charge in [0.05, 0.1) is 24.4 Å². The van der Waals surface area contributed by atoms with E-state index in [1.165, 1.54) is 0 Å². The maximum Gasteiger partial charge on any atom is 0.248 e. The lowest BCUT2D eigenvalue weighted by Crippen LogP contribution is -2.30. The molecule has 1 aromatic carbocycles. The van der Waals surface area contributed by atoms with Crippen LogP contribution in [0.15, 0.2) is 23.3 Å². The van der Waals surface area contributed by atoms with E-state index in [4.69, 9.17) is 23.2 Å². The first-order valence-corrected chi connectivity index (χ1v) is 8.19. The van der Waals surface area contributed by atoms with E-state index in [1.807, 2.05) is 6.92 Å². The van der Waals surface area contributed by atoms with Crippen LogP contribution < -0.4 is 5.43 Å². The van der Waals surface area contributed by atoms with Crippen molar-refractivity contribution in [2.24, 2.45) is 10.5 Å². The van der Waals surface area contributed by atoms with Crippen LogP contribution in [0, 0.1) is 5.41 Å². The van der Waals surface area contributed by atoms with Crippen molar-refractivity contribution < 1.29 is 4.79 Å². The molecule has 7 heteroatoms. The molecule has 0 radical (unpaired) electrons. The second-order valence-electron chi connectivity index (χ2n) is 4.98. The fourth-order valence-electron chi connectivity index (χ4n) is 1.69. The topological polar surface area (TPSA) is 41.5 Å². The molecule has 1 aromatic rings. The Morgan fingerprint density at radius 1 is 1.35 bits per heavy atom. The molecule has 1 atom stereocenters. The lowest BCUT2D eigenvalue weighted by Gasteiger charge is -2.10. The van der Waals surface area contributed by atoms with Gasteiger partial charge in [0.25, 0.3) is 0 Å². The second kappa shape index (κ2) is 5.59. The Kier molecular flexibility index (Phi) is 4.55. The van der Waals surface area contributed by atoms with E-state index in [1.54, 1.807) is 25.1 Å². The summed E-state index contributed by atoms with van der Waals surface area (Å²) in [6.45, 7) is 3.67. The van der Waals surface area contributed by atoms with Crippen molar-refractivity contribution in [3.63, 3.8) is 0 Å². The predicted octanol–water partition coefficient (Wildman–Crippen LogP) is 4.73. The van der Waals surface area contributed by atoms with E-state index < -0.39 is 5.41 Å². The van der Waals surface area contributed by atoms with Crippen LogP contribution in [-0.4, -0.2) is 14.9 Å². The minimum atomic E-state index is -0.492. The maximum absolute atomic E-state index is 12.1. The van der Waals surface area contributed by atoms with Gasteiger partial charge in [0.2, 0.25) is 5.91 Å². The van der Waals surface area contributed by atoms with Crippen LogP contribution >= 0.6 is 55.1 Å². The van der Waals surface area contributed by atoms with Crippen molar-refractivity contribution in [3.05, 3.63) is 33.8 Å². The number of nitrogens with zero attached hydrogens (tertiary/aromatic N) is 1. The number of alkyl halides is 2. The third-order valence-electron chi connectivity index (χ3n) is 3.42. The minimum absolute atomic E-state index is 0.134. The molecule has 0 saturated heterocycles. The number of rotatable bonds is 3. The molecule has 1 aliphatic rings. The van der Waals surface area contributed by atoms with Crippen molar-refractivity contribution in [3.8, 4) is 0 Å². The van der Waals surface area contributed by atoms with Gasteiger partial charge in [0.1, 0.15) is 0 Å². The van der Waals surface area contributed by atoms with Crippen LogP contribution in [0.1, 0.15) is 25.8 Å². The van der Waals surface area contributed by atoms with Crippen LogP contribution in [0.3, 0.4) is 0 Å². The van der Waals surface area contributed by atoms with Crippen molar-refractivity contribution >= 4 is 66.7 Å². The number of hydrazone groups is 1. The third kappa shape index (κ3) is 3.06. The van der Waals surface area contributed by atoms with Crippen molar-refractivity contribution in [1.29, 1.82) is 0 Å². The lowest BCUT2D eigenvalue weighted by atomic mass is 10.1. The summed E-state index contributed by atoms with van der Waals surface area (Å²) in [6.07, 6.45) is 0.715. The number of hydrogen-bond acceptors (Lipinski definition) is 2. The molecule has 3 nitrogen and oxygen atoms in total. The summed E-state index contributed by atoms with van der Waals surface area (Å²) in [5.74, 6) is -0.134. The average Bonchev–Trinajstić information content (AvgIpc) is 2.90. The molecule has 1 fully saturated rings. The highest BCUT2D eigenvalue weighted by atomic mass is 79.9. The third-order valence-corrected chi connectivity index (χ3v) is 6.47. The first-order valence-electron chi connectivity index (χ1n) is 5.85. The monoisotopic (exact) mass is 440 g/mol. The fraction of sp³-hybridized carbons (Fsp3) is 0.385. The molecule has 0 unspecified atom stereocenters. The maximum atomic E-state index is 12.1. The second-order valence-corrected chi connectivity index (χ2v) is 9.57. The Morgan fingerprint density at radius 2 is 1.95 bits per heavy atom. The zero-order valence-corrected chi connectivity index (χ0v) is 15.5. The molecule has 2 rings (SSSR count). The molecule has 0 aliphatic heterocycles. The Morgan fingerprint density at radius 3 is 2.45 bits per heavy atom. The summed E-state index contributed by atoms with van der Waals surface area (Å²) < 4.78 is -0.329. The van der Waals surface area contributed by atoms with Gasteiger partial charge in [-0.25, -0.2) is 5.43 Å². The van der Waals surface area contributed by atoms with Crippen molar-refractivity contribution in [1.82, 2.24) is 5.43 Å². The van der Waals surface area contributed by atoms with Crippen LogP contribution in [0.2, 0.25) is 10.0 Å². The Balaban J connectivity index is 2.08. The van der Waals surface area contributed by atoms with Gasteiger partial charge in [-0.2, -0.15) is 5.10 Å². The van der Waals surface area contributed by atoms with Gasteiger partial charge >= 0.3 is 0 Å². The first-order chi connectivity index (χ1) is 9.17. The van der Waals surface area contributed by atoms with Gasteiger partial charge in [-0.3, -0.25) is 4.79 Å². The summed E-state index contributed by atoms with van der Waals surface area (Å²) in [7, 11) is 0. The molecule has 20 heavy (non-hydrogen) atoms. The summed E-state index contributed by atoms with van der Waals surface area (Å²) in [5.41, 5.74) is 3.57. The largest absolute Gasteiger partial charge is 0.272 e. The number of carbonyl (C=O) groups is 1. The molecule has 0 spiro atoms. The van der Waals surface area contributed by atoms with Crippen LogP contribution in [0.5, 0.6) is 0 Å². The Labute approximate surface area is 144 Å². The molecule has 1 N–H and O–H groups in total. The van der Waals surface area contributed by atoms with Crippen LogP contribution in [0.25, 0.3) is 0 Å². The highest BCUT2D eigenvalue weighted by Gasteiger charge is 2.66. The highest BCUT2D eigenvalue weighted by Crippen LogP contribution is 2.66. The molecule has 1 amide bonds. The predicted molar refractivity (Wildman–Crippen MR) is 90.1 cm³/mol. The molecule has 108 valence electrons. The summed E-state index contributed by atoms with van der Waals surface area (Å²) in [5, 5.41) is 5.06. The molecular weight excluding hydrogens is 431 g/mol. The fourth-order valence-corrected chi connectivity index (χ4v) is 3.47. The summed E-state index contributed by atoms with van der Waals surface area (Å²) in [6, 6.07) is 5.22. The van der Waals surface area contributed by atoms with Gasteiger partial charge in [-0.05, 0) is 38.0 Å². The molecule has 1 aliphatic carbocycles. The molecular formula is C13H12Br2Cl2N2O. The highest BCUT2D eigenvalue weighted by molar-refractivity contribution is 9.25. The Bertz CT molecular complexity index is 604. The Hall–Kier alpha value is -0.100. The zero-order chi connectivity index (χ0) is 15.1. The SMILES string of the molecule is C/C(=N/NC(=O)[C@]1(C)CC1(Br)Br)c1ccc(Cl)c(Cl)c1. The first kappa shape index (κ1) is 16.3. The zero-order valence-electron chi connectivity index (χ0n) is 10.8. The number of benzene rings is 1. The molecule has 0 aromatic heterocycles. The number of nitrogens with one attached hydrogen (secondary N) is 1. The molecule has 1 saturated carbocycles. The number of hydrogen-bond donors (Lipinski definition) is 1. The lowest BCUT2D eigenvalue weighted by molar-refractivity contribution is -0.125. The molecule has 0 heterocycles. The van der Waals surface area contributed by atoms with Gasteiger partial charge in [-0.1, -0.05) is 61.1 Å². The van der Waals surface area contributed by atoms with Crippen molar-refractivity contribution in [2.75, 3.05) is 0 Å². The van der Waals surface area contributed by atoms with E-state index in [0.29, 0.717) is 22.2 Å². The summed E-state index contributed by atoms with van der Waals surface area (Å²) in [4.78, 5) is 12.1. The molecule has 0 bridgehead atoms. The standard InChI is InChI=1S/C13H12Br2Cl2N2O/c1-7(8-3-4-9(16)10(17)5-8)18-19-11(20)12(2)6-13(12,14)15/h3-5H,6H2,1-2H3,(H,19,20)/b18-7-/t12-/m0/s1. The quantitative estimate of drug-likeness (QED) is 0.410. The van der Waals surface area contributed by atoms with E-state index in [2.05, 4.69) is 42.4 Å². The number of amides is 1. The van der Waals surface area contributed by atoms with E-state index >= 15 is 0 Å². The summed E-state index contributed by atoms with van der Waals surface area (Å²) >= 11 is 18.7. The van der Waals surface area contributed by atoms with Gasteiger partial charge in [-0.15, -0.1) is 0 Å². The average molecular weight is 443 g/mol. The van der Waals surface area contributed by atoms with E-state index in [9.17, 15) is 4.79 Å². The normalized spacial score (nSPS) is 24.4.